The van der Waals surface area contributed by atoms with E-state index >= 15 is 0 Å². The summed E-state index contributed by atoms with van der Waals surface area (Å²) in [7, 11) is 0. The number of halogens is 1. The molecule has 1 fully saturated rings. The van der Waals surface area contributed by atoms with Crippen LogP contribution < -0.4 is 5.56 Å². The van der Waals surface area contributed by atoms with Gasteiger partial charge in [-0.1, -0.05) is 15.9 Å². The summed E-state index contributed by atoms with van der Waals surface area (Å²) in [5.41, 5.74) is 0.987. The Morgan fingerprint density at radius 2 is 2.19 bits per heavy atom. The van der Waals surface area contributed by atoms with Crippen LogP contribution in [0, 0.1) is 18.3 Å². The van der Waals surface area contributed by atoms with E-state index in [2.05, 4.69) is 20.9 Å². The molecule has 0 radical (unpaired) electrons. The highest BCUT2D eigenvalue weighted by atomic mass is 79.9. The number of rotatable bonds is 4. The Hall–Kier alpha value is -2.43. The molecule has 0 amide bonds. The molecule has 1 aliphatic heterocycles. The van der Waals surface area contributed by atoms with Crippen molar-refractivity contribution in [1.82, 2.24) is 4.57 Å². The smallest absolute Gasteiger partial charge is 0.271 e. The number of nitriles is 1. The van der Waals surface area contributed by atoms with E-state index < -0.39 is 5.56 Å². The van der Waals surface area contributed by atoms with Gasteiger partial charge in [0.05, 0.1) is 23.9 Å². The first-order valence-corrected chi connectivity index (χ1v) is 9.08. The predicted octanol–water partition coefficient (Wildman–Crippen LogP) is 3.43. The molecule has 134 valence electrons. The minimum absolute atomic E-state index is 0.0121. The fraction of sp³-hybridized carbons (Fsp3) is 0.316. The second-order valence-electron chi connectivity index (χ2n) is 6.13. The van der Waals surface area contributed by atoms with Crippen LogP contribution in [0.1, 0.15) is 29.5 Å². The standard InChI is InChI=1S/C19H18BrN3O3/c1-12-16(9-21)18(24)23(11-15-3-2-8-26-15)19(25)17(12)10-22-14-6-4-13(20)5-7-14/h4-7,10,15,25H,2-3,8,11H2,1H3. The van der Waals surface area contributed by atoms with Gasteiger partial charge in [-0.05, 0) is 49.6 Å². The van der Waals surface area contributed by atoms with Gasteiger partial charge in [0, 0.05) is 17.3 Å². The number of hydrogen-bond donors (Lipinski definition) is 1. The lowest BCUT2D eigenvalue weighted by Gasteiger charge is -2.17. The maximum absolute atomic E-state index is 12.6. The van der Waals surface area contributed by atoms with E-state index in [9.17, 15) is 15.2 Å². The Kier molecular flexibility index (Phi) is 5.55. The zero-order chi connectivity index (χ0) is 18.7. The van der Waals surface area contributed by atoms with Gasteiger partial charge in [-0.25, -0.2) is 0 Å². The van der Waals surface area contributed by atoms with Crippen LogP contribution in [0.3, 0.4) is 0 Å². The molecule has 3 rings (SSSR count). The monoisotopic (exact) mass is 415 g/mol. The quantitative estimate of drug-likeness (QED) is 0.774. The Morgan fingerprint density at radius 1 is 1.46 bits per heavy atom. The van der Waals surface area contributed by atoms with Crippen molar-refractivity contribution in [2.75, 3.05) is 6.61 Å². The Morgan fingerprint density at radius 3 is 2.81 bits per heavy atom. The number of aromatic nitrogens is 1. The normalized spacial score (nSPS) is 16.9. The zero-order valence-electron chi connectivity index (χ0n) is 14.3. The summed E-state index contributed by atoms with van der Waals surface area (Å²) >= 11 is 3.36. The molecule has 1 aliphatic rings. The molecule has 6 nitrogen and oxygen atoms in total. The molecule has 26 heavy (non-hydrogen) atoms. The van der Waals surface area contributed by atoms with Crippen LogP contribution in [0.2, 0.25) is 0 Å². The topological polar surface area (TPSA) is 87.6 Å². The van der Waals surface area contributed by atoms with Crippen LogP contribution in [0.15, 0.2) is 38.5 Å². The van der Waals surface area contributed by atoms with Gasteiger partial charge in [-0.2, -0.15) is 5.26 Å². The summed E-state index contributed by atoms with van der Waals surface area (Å²) in [4.78, 5) is 16.9. The maximum atomic E-state index is 12.6. The summed E-state index contributed by atoms with van der Waals surface area (Å²) in [6, 6.07) is 9.31. The third kappa shape index (κ3) is 3.71. The van der Waals surface area contributed by atoms with E-state index in [4.69, 9.17) is 4.74 Å². The van der Waals surface area contributed by atoms with Crippen molar-refractivity contribution < 1.29 is 9.84 Å². The molecule has 0 bridgehead atoms. The predicted molar refractivity (Wildman–Crippen MR) is 102 cm³/mol. The SMILES string of the molecule is Cc1c(C=Nc2ccc(Br)cc2)c(O)n(CC2CCCO2)c(=O)c1C#N. The summed E-state index contributed by atoms with van der Waals surface area (Å²) < 4.78 is 7.71. The zero-order valence-corrected chi connectivity index (χ0v) is 15.9. The van der Waals surface area contributed by atoms with Crippen molar-refractivity contribution >= 4 is 27.8 Å². The molecule has 1 unspecified atom stereocenters. The van der Waals surface area contributed by atoms with Crippen LogP contribution in [0.4, 0.5) is 5.69 Å². The lowest BCUT2D eigenvalue weighted by atomic mass is 10.1. The van der Waals surface area contributed by atoms with Crippen LogP contribution in [-0.4, -0.2) is 28.6 Å². The molecule has 7 heteroatoms. The van der Waals surface area contributed by atoms with E-state index in [1.165, 1.54) is 10.8 Å². The second kappa shape index (κ2) is 7.85. The van der Waals surface area contributed by atoms with Crippen LogP contribution in [-0.2, 0) is 11.3 Å². The molecule has 0 spiro atoms. The fourth-order valence-corrected chi connectivity index (χ4v) is 3.22. The van der Waals surface area contributed by atoms with E-state index in [1.54, 1.807) is 6.92 Å². The van der Waals surface area contributed by atoms with Gasteiger partial charge < -0.3 is 9.84 Å². The highest BCUT2D eigenvalue weighted by molar-refractivity contribution is 9.10. The Balaban J connectivity index is 2.04. The second-order valence-corrected chi connectivity index (χ2v) is 7.05. The third-order valence-electron chi connectivity index (χ3n) is 4.43. The highest BCUT2D eigenvalue weighted by Crippen LogP contribution is 2.24. The average molecular weight is 416 g/mol. The molecule has 2 heterocycles. The third-order valence-corrected chi connectivity index (χ3v) is 4.95. The Labute approximate surface area is 159 Å². The fourth-order valence-electron chi connectivity index (χ4n) is 2.95. The largest absolute Gasteiger partial charge is 0.494 e. The van der Waals surface area contributed by atoms with Crippen LogP contribution in [0.25, 0.3) is 0 Å². The van der Waals surface area contributed by atoms with Crippen LogP contribution >= 0.6 is 15.9 Å². The lowest BCUT2D eigenvalue weighted by Crippen LogP contribution is -2.29. The van der Waals surface area contributed by atoms with Crippen molar-refractivity contribution in [2.24, 2.45) is 4.99 Å². The molecule has 0 saturated carbocycles. The van der Waals surface area contributed by atoms with Gasteiger partial charge in [0.25, 0.3) is 5.56 Å². The summed E-state index contributed by atoms with van der Waals surface area (Å²) in [6.07, 6.45) is 3.10. The van der Waals surface area contributed by atoms with Gasteiger partial charge in [-0.3, -0.25) is 14.4 Å². The molecule has 0 aliphatic carbocycles. The first kappa shape index (κ1) is 18.4. The molecule has 2 aromatic rings. The molecular weight excluding hydrogens is 398 g/mol. The highest BCUT2D eigenvalue weighted by Gasteiger charge is 2.22. The van der Waals surface area contributed by atoms with Gasteiger partial charge in [0.2, 0.25) is 5.88 Å². The molecule has 1 saturated heterocycles. The minimum atomic E-state index is -0.501. The Bertz CT molecular complexity index is 936. The summed E-state index contributed by atoms with van der Waals surface area (Å²) in [5.74, 6) is -0.192. The number of ether oxygens (including phenoxy) is 1. The van der Waals surface area contributed by atoms with Crippen molar-refractivity contribution in [1.29, 1.82) is 5.26 Å². The summed E-state index contributed by atoms with van der Waals surface area (Å²) in [6.45, 7) is 2.51. The van der Waals surface area contributed by atoms with Gasteiger partial charge in [0.15, 0.2) is 0 Å². The number of aliphatic imine (C=N–C) groups is 1. The van der Waals surface area contributed by atoms with E-state index in [-0.39, 0.29) is 24.1 Å². The van der Waals surface area contributed by atoms with Crippen molar-refractivity contribution in [3.05, 3.63) is 55.8 Å². The molecule has 1 aromatic carbocycles. The number of pyridine rings is 1. The van der Waals surface area contributed by atoms with Gasteiger partial charge in [0.1, 0.15) is 11.6 Å². The van der Waals surface area contributed by atoms with E-state index in [0.29, 0.717) is 23.4 Å². The van der Waals surface area contributed by atoms with Gasteiger partial charge in [-0.15, -0.1) is 0 Å². The molecule has 1 atom stereocenters. The lowest BCUT2D eigenvalue weighted by molar-refractivity contribution is 0.0938. The number of nitrogens with zero attached hydrogens (tertiary/aromatic N) is 3. The average Bonchev–Trinajstić information content (AvgIpc) is 3.14. The first-order valence-electron chi connectivity index (χ1n) is 8.29. The molecule has 1 aromatic heterocycles. The van der Waals surface area contributed by atoms with Crippen molar-refractivity contribution in [2.45, 2.75) is 32.4 Å². The molecule has 1 N–H and O–H groups in total. The van der Waals surface area contributed by atoms with E-state index in [1.807, 2.05) is 30.3 Å². The minimum Gasteiger partial charge on any atom is -0.494 e. The number of hydrogen-bond acceptors (Lipinski definition) is 5. The maximum Gasteiger partial charge on any atom is 0.271 e. The van der Waals surface area contributed by atoms with Gasteiger partial charge >= 0.3 is 0 Å². The first-order chi connectivity index (χ1) is 12.5. The van der Waals surface area contributed by atoms with Crippen molar-refractivity contribution in [3.8, 4) is 11.9 Å². The van der Waals surface area contributed by atoms with Crippen molar-refractivity contribution in [3.63, 3.8) is 0 Å². The summed E-state index contributed by atoms with van der Waals surface area (Å²) in [5, 5.41) is 20.0. The molecular formula is C19H18BrN3O3. The van der Waals surface area contributed by atoms with E-state index in [0.717, 1.165) is 17.3 Å². The number of benzene rings is 1. The number of aromatic hydroxyl groups is 1. The van der Waals surface area contributed by atoms with Crippen LogP contribution in [0.5, 0.6) is 5.88 Å².